The highest BCUT2D eigenvalue weighted by Gasteiger charge is 2.32. The topological polar surface area (TPSA) is 50.8 Å². The van der Waals surface area contributed by atoms with E-state index in [1.54, 1.807) is 7.11 Å². The molecule has 5 heteroatoms. The highest BCUT2D eigenvalue weighted by Crippen LogP contribution is 2.24. The van der Waals surface area contributed by atoms with Crippen molar-refractivity contribution in [2.75, 3.05) is 33.4 Å². The first-order valence-corrected chi connectivity index (χ1v) is 8.95. The van der Waals surface area contributed by atoms with Crippen LogP contribution in [0.15, 0.2) is 24.3 Å². The molecular formula is C19H28N2O3. The van der Waals surface area contributed by atoms with Crippen molar-refractivity contribution in [1.29, 1.82) is 0 Å². The average Bonchev–Trinajstić information content (AvgIpc) is 3.26. The summed E-state index contributed by atoms with van der Waals surface area (Å²) in [6.07, 6.45) is 3.31. The maximum absolute atomic E-state index is 12.7. The van der Waals surface area contributed by atoms with Crippen LogP contribution in [0.25, 0.3) is 0 Å². The summed E-state index contributed by atoms with van der Waals surface area (Å²) < 4.78 is 10.8. The third kappa shape index (κ3) is 4.08. The van der Waals surface area contributed by atoms with Gasteiger partial charge in [0, 0.05) is 13.2 Å². The summed E-state index contributed by atoms with van der Waals surface area (Å²) in [7, 11) is 1.67. The fraction of sp³-hybridized carbons (Fsp3) is 0.632. The summed E-state index contributed by atoms with van der Waals surface area (Å²) in [5, 5.41) is 3.27. The smallest absolute Gasteiger partial charge is 0.226 e. The number of ether oxygens (including phenoxy) is 2. The number of likely N-dealkylation sites (tertiary alicyclic amines) is 1. The highest BCUT2D eigenvalue weighted by atomic mass is 16.5. The second-order valence-corrected chi connectivity index (χ2v) is 6.81. The van der Waals surface area contributed by atoms with Crippen molar-refractivity contribution in [3.8, 4) is 5.75 Å². The first-order chi connectivity index (χ1) is 11.7. The molecule has 1 N–H and O–H groups in total. The van der Waals surface area contributed by atoms with E-state index in [1.807, 2.05) is 19.1 Å². The molecule has 0 aliphatic carbocycles. The molecule has 0 radical (unpaired) electrons. The molecule has 2 aliphatic heterocycles. The zero-order valence-electron chi connectivity index (χ0n) is 14.7. The van der Waals surface area contributed by atoms with Crippen LogP contribution in [0.1, 0.15) is 37.8 Å². The molecule has 1 aromatic carbocycles. The normalized spacial score (nSPS) is 25.6. The van der Waals surface area contributed by atoms with Gasteiger partial charge in [0.2, 0.25) is 5.91 Å². The Kier molecular flexibility index (Phi) is 5.74. The average molecular weight is 332 g/mol. The van der Waals surface area contributed by atoms with Crippen molar-refractivity contribution in [2.24, 2.45) is 5.92 Å². The number of rotatable bonds is 6. The number of carbonyl (C=O) groups excluding carboxylic acids is 1. The van der Waals surface area contributed by atoms with Crippen molar-refractivity contribution in [1.82, 2.24) is 10.2 Å². The van der Waals surface area contributed by atoms with E-state index in [1.165, 1.54) is 12.8 Å². The Morgan fingerprint density at radius 2 is 2.04 bits per heavy atom. The van der Waals surface area contributed by atoms with Gasteiger partial charge in [-0.3, -0.25) is 4.79 Å². The first-order valence-electron chi connectivity index (χ1n) is 8.95. The first kappa shape index (κ1) is 17.2. The van der Waals surface area contributed by atoms with Gasteiger partial charge in [-0.25, -0.2) is 0 Å². The van der Waals surface area contributed by atoms with Crippen molar-refractivity contribution < 1.29 is 14.3 Å². The van der Waals surface area contributed by atoms with Gasteiger partial charge in [0.1, 0.15) is 5.75 Å². The molecule has 132 valence electrons. The van der Waals surface area contributed by atoms with E-state index in [2.05, 4.69) is 22.3 Å². The van der Waals surface area contributed by atoms with E-state index in [4.69, 9.17) is 9.47 Å². The van der Waals surface area contributed by atoms with Crippen molar-refractivity contribution in [3.63, 3.8) is 0 Å². The zero-order valence-corrected chi connectivity index (χ0v) is 14.7. The van der Waals surface area contributed by atoms with Gasteiger partial charge in [0.05, 0.1) is 25.2 Å². The molecule has 0 aromatic heterocycles. The number of nitrogens with one attached hydrogen (secondary N) is 1. The number of hydrogen-bond donors (Lipinski definition) is 1. The molecule has 24 heavy (non-hydrogen) atoms. The Bertz CT molecular complexity index is 540. The summed E-state index contributed by atoms with van der Waals surface area (Å²) in [4.78, 5) is 15.1. The van der Waals surface area contributed by atoms with Crippen LogP contribution in [0.2, 0.25) is 0 Å². The fourth-order valence-electron chi connectivity index (χ4n) is 3.65. The standard InChI is InChI=1S/C19H28N2O3/c1-14-17(9-12-24-14)19(22)20-18(13-21-10-3-4-11-21)15-5-7-16(23-2)8-6-15/h5-8,14,17-18H,3-4,9-13H2,1-2H3,(H,20,22)/t14-,17-,18+/m1/s1. The molecule has 2 aliphatic rings. The van der Waals surface area contributed by atoms with Crippen LogP contribution in [0.5, 0.6) is 5.75 Å². The van der Waals surface area contributed by atoms with Crippen molar-refractivity contribution >= 4 is 5.91 Å². The maximum atomic E-state index is 12.7. The Hall–Kier alpha value is -1.59. The Morgan fingerprint density at radius 3 is 2.62 bits per heavy atom. The Morgan fingerprint density at radius 1 is 1.33 bits per heavy atom. The molecule has 2 heterocycles. The maximum Gasteiger partial charge on any atom is 0.226 e. The van der Waals surface area contributed by atoms with Crippen LogP contribution in [0, 0.1) is 5.92 Å². The van der Waals surface area contributed by atoms with Crippen LogP contribution in [-0.2, 0) is 9.53 Å². The summed E-state index contributed by atoms with van der Waals surface area (Å²) in [6.45, 7) is 5.76. The molecule has 5 nitrogen and oxygen atoms in total. The third-order valence-electron chi connectivity index (χ3n) is 5.19. The van der Waals surface area contributed by atoms with Crippen LogP contribution >= 0.6 is 0 Å². The summed E-state index contributed by atoms with van der Waals surface area (Å²) in [6, 6.07) is 8.02. The number of hydrogen-bond acceptors (Lipinski definition) is 4. The summed E-state index contributed by atoms with van der Waals surface area (Å²) in [5.41, 5.74) is 1.13. The van der Waals surface area contributed by atoms with Gasteiger partial charge in [-0.15, -0.1) is 0 Å². The monoisotopic (exact) mass is 332 g/mol. The third-order valence-corrected chi connectivity index (χ3v) is 5.19. The number of benzene rings is 1. The minimum atomic E-state index is -0.0377. The quantitative estimate of drug-likeness (QED) is 0.869. The second-order valence-electron chi connectivity index (χ2n) is 6.81. The lowest BCUT2D eigenvalue weighted by Crippen LogP contribution is -2.41. The van der Waals surface area contributed by atoms with E-state index < -0.39 is 0 Å². The number of amides is 1. The molecule has 2 saturated heterocycles. The largest absolute Gasteiger partial charge is 0.497 e. The van der Waals surface area contributed by atoms with Crippen molar-refractivity contribution in [2.45, 2.75) is 38.3 Å². The Balaban J connectivity index is 1.71. The lowest BCUT2D eigenvalue weighted by molar-refractivity contribution is -0.127. The lowest BCUT2D eigenvalue weighted by atomic mass is 9.99. The molecule has 1 amide bonds. The molecule has 0 saturated carbocycles. The molecular weight excluding hydrogens is 304 g/mol. The summed E-state index contributed by atoms with van der Waals surface area (Å²) in [5.74, 6) is 0.909. The number of methoxy groups -OCH3 is 1. The fourth-order valence-corrected chi connectivity index (χ4v) is 3.65. The van der Waals surface area contributed by atoms with E-state index in [9.17, 15) is 4.79 Å². The van der Waals surface area contributed by atoms with Crippen molar-refractivity contribution in [3.05, 3.63) is 29.8 Å². The van der Waals surface area contributed by atoms with Gasteiger partial charge in [0.15, 0.2) is 0 Å². The lowest BCUT2D eigenvalue weighted by Gasteiger charge is -2.26. The number of carbonyl (C=O) groups is 1. The van der Waals surface area contributed by atoms with Crippen LogP contribution in [0.4, 0.5) is 0 Å². The van der Waals surface area contributed by atoms with Gasteiger partial charge < -0.3 is 19.7 Å². The van der Waals surface area contributed by atoms with Crippen LogP contribution < -0.4 is 10.1 Å². The van der Waals surface area contributed by atoms with Gasteiger partial charge in [-0.05, 0) is 57.0 Å². The zero-order chi connectivity index (χ0) is 16.9. The van der Waals surface area contributed by atoms with E-state index >= 15 is 0 Å². The minimum absolute atomic E-state index is 0.00769. The molecule has 0 unspecified atom stereocenters. The predicted octanol–water partition coefficient (Wildman–Crippen LogP) is 2.37. The molecule has 0 bridgehead atoms. The van der Waals surface area contributed by atoms with E-state index in [0.717, 1.165) is 37.4 Å². The second kappa shape index (κ2) is 7.99. The highest BCUT2D eigenvalue weighted by molar-refractivity contribution is 5.80. The molecule has 1 aromatic rings. The van der Waals surface area contributed by atoms with Gasteiger partial charge >= 0.3 is 0 Å². The van der Waals surface area contributed by atoms with Gasteiger partial charge in [-0.1, -0.05) is 12.1 Å². The van der Waals surface area contributed by atoms with Gasteiger partial charge in [-0.2, -0.15) is 0 Å². The van der Waals surface area contributed by atoms with Crippen LogP contribution in [0.3, 0.4) is 0 Å². The Labute approximate surface area is 144 Å². The number of nitrogens with zero attached hydrogens (tertiary/aromatic N) is 1. The molecule has 2 fully saturated rings. The van der Waals surface area contributed by atoms with Crippen LogP contribution in [-0.4, -0.2) is 50.3 Å². The molecule has 0 spiro atoms. The van der Waals surface area contributed by atoms with Gasteiger partial charge in [0.25, 0.3) is 0 Å². The summed E-state index contributed by atoms with van der Waals surface area (Å²) >= 11 is 0. The SMILES string of the molecule is COc1ccc([C@H](CN2CCCC2)NC(=O)[C@@H]2CCO[C@@H]2C)cc1. The molecule has 3 rings (SSSR count). The minimum Gasteiger partial charge on any atom is -0.497 e. The van der Waals surface area contributed by atoms with E-state index in [0.29, 0.717) is 6.61 Å². The molecule has 3 atom stereocenters. The predicted molar refractivity (Wildman–Crippen MR) is 93.1 cm³/mol. The van der Waals surface area contributed by atoms with E-state index in [-0.39, 0.29) is 24.0 Å².